The van der Waals surface area contributed by atoms with Gasteiger partial charge in [0.15, 0.2) is 8.07 Å². The molecule has 2 heteroatoms. The van der Waals surface area contributed by atoms with Gasteiger partial charge in [-0.2, -0.15) is 0 Å². The Morgan fingerprint density at radius 2 is 0.818 bits per heavy atom. The van der Waals surface area contributed by atoms with Gasteiger partial charge in [0.2, 0.25) is 0 Å². The van der Waals surface area contributed by atoms with Crippen LogP contribution in [0.15, 0.2) is 188 Å². The summed E-state index contributed by atoms with van der Waals surface area (Å²) in [6.07, 6.45) is 0. The maximum Gasteiger partial charge on any atom is 0.180 e. The molecule has 0 amide bonds. The first-order valence-electron chi connectivity index (χ1n) is 15.2. The molecule has 0 aliphatic carbocycles. The summed E-state index contributed by atoms with van der Waals surface area (Å²) in [5.74, 6) is 0. The number of hydrogen-bond donors (Lipinski definition) is 0. The lowest BCUT2D eigenvalue weighted by Gasteiger charge is -2.32. The zero-order valence-corrected chi connectivity index (χ0v) is 25.3. The van der Waals surface area contributed by atoms with Gasteiger partial charge in [-0.1, -0.05) is 158 Å². The first-order valence-corrected chi connectivity index (χ1v) is 17.2. The van der Waals surface area contributed by atoms with E-state index in [4.69, 9.17) is 0 Å². The van der Waals surface area contributed by atoms with E-state index in [1.165, 1.54) is 48.7 Å². The fourth-order valence-corrected chi connectivity index (χ4v) is 12.3. The quantitative estimate of drug-likeness (QED) is 0.180. The summed E-state index contributed by atoms with van der Waals surface area (Å²) in [4.78, 5) is 2.44. The van der Waals surface area contributed by atoms with Crippen molar-refractivity contribution in [1.82, 2.24) is 0 Å². The summed E-state index contributed by atoms with van der Waals surface area (Å²) in [6.45, 7) is 0. The Kier molecular flexibility index (Phi) is 6.55. The third-order valence-electron chi connectivity index (χ3n) is 8.95. The van der Waals surface area contributed by atoms with Crippen molar-refractivity contribution in [3.05, 3.63) is 188 Å². The lowest BCUT2D eigenvalue weighted by Crippen LogP contribution is -2.72. The van der Waals surface area contributed by atoms with Gasteiger partial charge in [-0.15, -0.1) is 0 Å². The van der Waals surface area contributed by atoms with Crippen molar-refractivity contribution in [2.24, 2.45) is 0 Å². The van der Waals surface area contributed by atoms with E-state index in [0.29, 0.717) is 0 Å². The molecule has 0 aromatic heterocycles. The Morgan fingerprint density at radius 3 is 1.45 bits per heavy atom. The fourth-order valence-electron chi connectivity index (χ4n) is 7.10. The molecule has 0 radical (unpaired) electrons. The molecule has 1 aliphatic heterocycles. The molecule has 208 valence electrons. The standard InChI is InChI=1S/C42H31NSi/c1-5-16-32(17-6-1)33-28-30-35(31-29-33)43(34-18-7-2-8-19-34)39-25-15-27-41-42(39)38-24-13-14-26-40(38)44(41,36-20-9-3-10-21-36)37-22-11-4-12-23-37/h1-31H. The van der Waals surface area contributed by atoms with Crippen LogP contribution in [0.3, 0.4) is 0 Å². The molecule has 8 rings (SSSR count). The van der Waals surface area contributed by atoms with Crippen molar-refractivity contribution in [2.75, 3.05) is 4.90 Å². The third-order valence-corrected chi connectivity index (χ3v) is 13.8. The van der Waals surface area contributed by atoms with Crippen LogP contribution in [0.5, 0.6) is 0 Å². The summed E-state index contributed by atoms with van der Waals surface area (Å²) in [7, 11) is -2.58. The van der Waals surface area contributed by atoms with Crippen LogP contribution < -0.4 is 25.6 Å². The average Bonchev–Trinajstić information content (AvgIpc) is 3.42. The molecule has 0 bridgehead atoms. The highest BCUT2D eigenvalue weighted by molar-refractivity contribution is 7.22. The highest BCUT2D eigenvalue weighted by Crippen LogP contribution is 2.43. The van der Waals surface area contributed by atoms with E-state index in [1.54, 1.807) is 0 Å². The molecular formula is C42H31NSi. The molecule has 1 nitrogen and oxygen atoms in total. The number of rotatable bonds is 6. The maximum atomic E-state index is 2.44. The predicted octanol–water partition coefficient (Wildman–Crippen LogP) is 8.18. The van der Waals surface area contributed by atoms with Gasteiger partial charge in [-0.05, 0) is 67.8 Å². The lowest BCUT2D eigenvalue weighted by atomic mass is 10.0. The highest BCUT2D eigenvalue weighted by atomic mass is 28.3. The van der Waals surface area contributed by atoms with Gasteiger partial charge in [0, 0.05) is 16.9 Å². The van der Waals surface area contributed by atoms with Crippen LogP contribution in [-0.2, 0) is 0 Å². The molecule has 44 heavy (non-hydrogen) atoms. The Labute approximate surface area is 260 Å². The minimum absolute atomic E-state index is 1.14. The Hall–Kier alpha value is -5.44. The third kappa shape index (κ3) is 4.15. The normalized spacial score (nSPS) is 12.7. The first kappa shape index (κ1) is 26.2. The minimum Gasteiger partial charge on any atom is -0.310 e. The van der Waals surface area contributed by atoms with Crippen LogP contribution in [0.2, 0.25) is 0 Å². The second-order valence-electron chi connectivity index (χ2n) is 11.3. The molecule has 1 heterocycles. The second-order valence-corrected chi connectivity index (χ2v) is 15.0. The van der Waals surface area contributed by atoms with Gasteiger partial charge in [0.05, 0.1) is 5.69 Å². The zero-order valence-electron chi connectivity index (χ0n) is 24.3. The fraction of sp³-hybridized carbons (Fsp3) is 0. The summed E-state index contributed by atoms with van der Waals surface area (Å²) >= 11 is 0. The Morgan fingerprint density at radius 1 is 0.341 bits per heavy atom. The van der Waals surface area contributed by atoms with Crippen LogP contribution in [0.1, 0.15) is 0 Å². The number of anilines is 3. The second kappa shape index (κ2) is 11.0. The van der Waals surface area contributed by atoms with Crippen molar-refractivity contribution in [2.45, 2.75) is 0 Å². The molecule has 0 saturated heterocycles. The van der Waals surface area contributed by atoms with E-state index in [9.17, 15) is 0 Å². The van der Waals surface area contributed by atoms with Crippen molar-refractivity contribution >= 4 is 45.9 Å². The average molecular weight is 578 g/mol. The smallest absolute Gasteiger partial charge is 0.180 e. The van der Waals surface area contributed by atoms with Gasteiger partial charge in [-0.3, -0.25) is 0 Å². The van der Waals surface area contributed by atoms with Crippen LogP contribution in [0, 0.1) is 0 Å². The van der Waals surface area contributed by atoms with E-state index in [2.05, 4.69) is 193 Å². The van der Waals surface area contributed by atoms with E-state index >= 15 is 0 Å². The number of benzene rings is 7. The first-order chi connectivity index (χ1) is 21.9. The van der Waals surface area contributed by atoms with Gasteiger partial charge >= 0.3 is 0 Å². The van der Waals surface area contributed by atoms with E-state index in [0.717, 1.165) is 11.4 Å². The maximum absolute atomic E-state index is 2.58. The molecule has 0 saturated carbocycles. The van der Waals surface area contributed by atoms with Crippen LogP contribution in [-0.4, -0.2) is 8.07 Å². The monoisotopic (exact) mass is 577 g/mol. The summed E-state index contributed by atoms with van der Waals surface area (Å²) in [5, 5.41) is 5.71. The number of hydrogen-bond acceptors (Lipinski definition) is 1. The molecule has 1 aliphatic rings. The van der Waals surface area contributed by atoms with Gasteiger partial charge in [-0.25, -0.2) is 0 Å². The summed E-state index contributed by atoms with van der Waals surface area (Å²) in [6, 6.07) is 68.9. The van der Waals surface area contributed by atoms with Crippen molar-refractivity contribution in [3.8, 4) is 22.3 Å². The summed E-state index contributed by atoms with van der Waals surface area (Å²) in [5.41, 5.74) is 8.59. The van der Waals surface area contributed by atoms with Crippen LogP contribution >= 0.6 is 0 Å². The number of para-hydroxylation sites is 1. The van der Waals surface area contributed by atoms with Gasteiger partial charge in [0.25, 0.3) is 0 Å². The Balaban J connectivity index is 1.41. The topological polar surface area (TPSA) is 3.24 Å². The van der Waals surface area contributed by atoms with Gasteiger partial charge in [0.1, 0.15) is 0 Å². The number of nitrogens with zero attached hydrogens (tertiary/aromatic N) is 1. The van der Waals surface area contributed by atoms with E-state index in [-0.39, 0.29) is 0 Å². The van der Waals surface area contributed by atoms with Gasteiger partial charge < -0.3 is 4.90 Å². The predicted molar refractivity (Wildman–Crippen MR) is 189 cm³/mol. The molecule has 0 N–H and O–H groups in total. The Bertz CT molecular complexity index is 2000. The summed E-state index contributed by atoms with van der Waals surface area (Å²) < 4.78 is 0. The zero-order chi connectivity index (χ0) is 29.3. The largest absolute Gasteiger partial charge is 0.310 e. The molecule has 0 atom stereocenters. The molecule has 7 aromatic rings. The van der Waals surface area contributed by atoms with Crippen molar-refractivity contribution < 1.29 is 0 Å². The molecule has 0 fully saturated rings. The minimum atomic E-state index is -2.58. The number of fused-ring (bicyclic) bond motifs is 3. The van der Waals surface area contributed by atoms with Crippen LogP contribution in [0.25, 0.3) is 22.3 Å². The highest BCUT2D eigenvalue weighted by Gasteiger charge is 2.49. The molecular weight excluding hydrogens is 547 g/mol. The van der Waals surface area contributed by atoms with Crippen molar-refractivity contribution in [3.63, 3.8) is 0 Å². The van der Waals surface area contributed by atoms with Crippen LogP contribution in [0.4, 0.5) is 17.1 Å². The molecule has 0 unspecified atom stereocenters. The lowest BCUT2D eigenvalue weighted by molar-refractivity contribution is 1.29. The van der Waals surface area contributed by atoms with Crippen molar-refractivity contribution in [1.29, 1.82) is 0 Å². The SMILES string of the molecule is c1ccc(-c2ccc(N(c3ccccc3)c3cccc4c3-c3ccccc3[Si]4(c3ccccc3)c3ccccc3)cc2)cc1. The van der Waals surface area contributed by atoms with E-state index in [1.807, 2.05) is 0 Å². The van der Waals surface area contributed by atoms with E-state index < -0.39 is 8.07 Å². The molecule has 0 spiro atoms. The molecule has 7 aromatic carbocycles.